The van der Waals surface area contributed by atoms with E-state index in [4.69, 9.17) is 5.73 Å². The van der Waals surface area contributed by atoms with Gasteiger partial charge in [0.25, 0.3) is 5.91 Å². The van der Waals surface area contributed by atoms with Crippen molar-refractivity contribution in [3.63, 3.8) is 0 Å². The largest absolute Gasteiger partial charge is 0.396 e. The molecule has 0 unspecified atom stereocenters. The van der Waals surface area contributed by atoms with Gasteiger partial charge in [-0.1, -0.05) is 0 Å². The first-order chi connectivity index (χ1) is 8.47. The second kappa shape index (κ2) is 5.27. The molecule has 2 aromatic rings. The number of hydrogen-bond acceptors (Lipinski definition) is 3. The molecule has 5 nitrogen and oxygen atoms in total. The Labute approximate surface area is 126 Å². The van der Waals surface area contributed by atoms with Gasteiger partial charge in [-0.05, 0) is 56.7 Å². The van der Waals surface area contributed by atoms with Crippen LogP contribution < -0.4 is 11.1 Å². The highest BCUT2D eigenvalue weighted by Crippen LogP contribution is 2.23. The van der Waals surface area contributed by atoms with E-state index in [0.29, 0.717) is 11.4 Å². The van der Waals surface area contributed by atoms with Gasteiger partial charge in [-0.25, -0.2) is 0 Å². The minimum Gasteiger partial charge on any atom is -0.396 e. The van der Waals surface area contributed by atoms with Gasteiger partial charge < -0.3 is 11.1 Å². The van der Waals surface area contributed by atoms with Gasteiger partial charge in [0.15, 0.2) is 5.69 Å². The van der Waals surface area contributed by atoms with Crippen molar-refractivity contribution in [1.29, 1.82) is 0 Å². The molecule has 2 rings (SSSR count). The molecular weight excluding hydrogens is 411 g/mol. The highest BCUT2D eigenvalue weighted by Gasteiger charge is 2.14. The number of nitrogen functional groups attached to an aromatic ring is 1. The third kappa shape index (κ3) is 2.83. The fourth-order valence-electron chi connectivity index (χ4n) is 1.45. The lowest BCUT2D eigenvalue weighted by molar-refractivity contribution is 0.102. The number of hydrogen-bond donors (Lipinski definition) is 2. The van der Waals surface area contributed by atoms with Crippen LogP contribution in [-0.4, -0.2) is 15.7 Å². The molecule has 1 aromatic heterocycles. The molecule has 1 aromatic carbocycles. The fraction of sp³-hybridized carbons (Fsp3) is 0.0909. The quantitative estimate of drug-likeness (QED) is 0.733. The van der Waals surface area contributed by atoms with Crippen LogP contribution in [0, 0.1) is 3.57 Å². The normalized spacial score (nSPS) is 10.4. The number of anilines is 2. The summed E-state index contributed by atoms with van der Waals surface area (Å²) < 4.78 is 3.51. The lowest BCUT2D eigenvalue weighted by atomic mass is 10.3. The molecule has 1 amide bonds. The summed E-state index contributed by atoms with van der Waals surface area (Å²) in [6.45, 7) is 0. The van der Waals surface area contributed by atoms with Crippen molar-refractivity contribution < 1.29 is 4.79 Å². The fourth-order valence-corrected chi connectivity index (χ4v) is 2.21. The maximum Gasteiger partial charge on any atom is 0.278 e. The van der Waals surface area contributed by atoms with E-state index in [0.717, 1.165) is 8.04 Å². The van der Waals surface area contributed by atoms with E-state index in [9.17, 15) is 4.79 Å². The number of aromatic nitrogens is 2. The Kier molecular flexibility index (Phi) is 3.91. The molecule has 0 aliphatic rings. The number of carbonyl (C=O) groups is 1. The molecule has 0 fully saturated rings. The van der Waals surface area contributed by atoms with E-state index in [-0.39, 0.29) is 11.6 Å². The van der Waals surface area contributed by atoms with Crippen molar-refractivity contribution in [3.05, 3.63) is 38.1 Å². The summed E-state index contributed by atoms with van der Waals surface area (Å²) in [5.41, 5.74) is 7.00. The number of aryl methyl sites for hydroxylation is 1. The Morgan fingerprint density at radius 2 is 2.28 bits per heavy atom. The Hall–Kier alpha value is -1.09. The minimum absolute atomic E-state index is 0.232. The van der Waals surface area contributed by atoms with Gasteiger partial charge in [0.05, 0.1) is 5.69 Å². The van der Waals surface area contributed by atoms with Gasteiger partial charge in [0.2, 0.25) is 0 Å². The molecule has 0 saturated heterocycles. The number of nitrogens with two attached hydrogens (primary N) is 1. The molecule has 3 N–H and O–H groups in total. The summed E-state index contributed by atoms with van der Waals surface area (Å²) in [6, 6.07) is 5.55. The maximum absolute atomic E-state index is 12.0. The Bertz CT molecular complexity index is 611. The first-order valence-electron chi connectivity index (χ1n) is 5.03. The standard InChI is InChI=1S/C11H10BrIN4O/c1-17-5-9(14)10(16-17)11(18)15-6-2-3-7(12)8(13)4-6/h2-5H,14H2,1H3,(H,15,18). The molecule has 94 valence electrons. The predicted molar refractivity (Wildman–Crippen MR) is 82.4 cm³/mol. The number of nitrogens with zero attached hydrogens (tertiary/aromatic N) is 2. The van der Waals surface area contributed by atoms with Gasteiger partial charge in [0.1, 0.15) is 0 Å². The molecule has 18 heavy (non-hydrogen) atoms. The van der Waals surface area contributed by atoms with Crippen LogP contribution in [-0.2, 0) is 7.05 Å². The number of benzene rings is 1. The summed E-state index contributed by atoms with van der Waals surface area (Å²) in [5.74, 6) is -0.314. The zero-order valence-electron chi connectivity index (χ0n) is 9.45. The topological polar surface area (TPSA) is 72.9 Å². The van der Waals surface area contributed by atoms with Crippen LogP contribution in [0.15, 0.2) is 28.9 Å². The number of nitrogens with one attached hydrogen (secondary N) is 1. The smallest absolute Gasteiger partial charge is 0.278 e. The first kappa shape index (κ1) is 13.3. The van der Waals surface area contributed by atoms with E-state index in [1.54, 1.807) is 13.2 Å². The molecule has 0 bridgehead atoms. The van der Waals surface area contributed by atoms with Crippen LogP contribution >= 0.6 is 38.5 Å². The number of halogens is 2. The zero-order valence-corrected chi connectivity index (χ0v) is 13.2. The van der Waals surface area contributed by atoms with Gasteiger partial charge >= 0.3 is 0 Å². The molecule has 0 radical (unpaired) electrons. The second-order valence-corrected chi connectivity index (χ2v) is 5.71. The van der Waals surface area contributed by atoms with Crippen LogP contribution in [0.1, 0.15) is 10.5 Å². The third-order valence-electron chi connectivity index (χ3n) is 2.25. The summed E-state index contributed by atoms with van der Waals surface area (Å²) in [4.78, 5) is 12.0. The molecule has 0 atom stereocenters. The van der Waals surface area contributed by atoms with E-state index in [1.807, 2.05) is 18.2 Å². The third-order valence-corrected chi connectivity index (χ3v) is 4.57. The van der Waals surface area contributed by atoms with Gasteiger partial charge in [0, 0.05) is 27.0 Å². The summed E-state index contributed by atoms with van der Waals surface area (Å²) in [5, 5.41) is 6.77. The summed E-state index contributed by atoms with van der Waals surface area (Å²) in [6.07, 6.45) is 1.60. The molecular formula is C11H10BrIN4O. The number of amides is 1. The van der Waals surface area contributed by atoms with Crippen molar-refractivity contribution in [3.8, 4) is 0 Å². The van der Waals surface area contributed by atoms with Crippen LogP contribution in [0.5, 0.6) is 0 Å². The van der Waals surface area contributed by atoms with Gasteiger partial charge in [-0.15, -0.1) is 0 Å². The Morgan fingerprint density at radius 1 is 1.56 bits per heavy atom. The molecule has 0 aliphatic heterocycles. The SMILES string of the molecule is Cn1cc(N)c(C(=O)Nc2ccc(Br)c(I)c2)n1. The molecule has 1 heterocycles. The van der Waals surface area contributed by atoms with Crippen molar-refractivity contribution >= 4 is 55.8 Å². The van der Waals surface area contributed by atoms with E-state index in [1.165, 1.54) is 4.68 Å². The van der Waals surface area contributed by atoms with Crippen LogP contribution in [0.3, 0.4) is 0 Å². The van der Waals surface area contributed by atoms with Crippen molar-refractivity contribution in [2.45, 2.75) is 0 Å². The van der Waals surface area contributed by atoms with Crippen molar-refractivity contribution in [2.75, 3.05) is 11.1 Å². The first-order valence-corrected chi connectivity index (χ1v) is 6.90. The number of carbonyl (C=O) groups excluding carboxylic acids is 1. The lowest BCUT2D eigenvalue weighted by Crippen LogP contribution is -2.14. The average Bonchev–Trinajstić information content (AvgIpc) is 2.63. The van der Waals surface area contributed by atoms with Crippen molar-refractivity contribution in [2.24, 2.45) is 7.05 Å². The van der Waals surface area contributed by atoms with Crippen LogP contribution in [0.25, 0.3) is 0 Å². The summed E-state index contributed by atoms with van der Waals surface area (Å²) in [7, 11) is 1.72. The van der Waals surface area contributed by atoms with E-state index >= 15 is 0 Å². The zero-order chi connectivity index (χ0) is 13.3. The van der Waals surface area contributed by atoms with Crippen LogP contribution in [0.4, 0.5) is 11.4 Å². The minimum atomic E-state index is -0.314. The molecule has 0 aliphatic carbocycles. The molecule has 7 heteroatoms. The maximum atomic E-state index is 12.0. The Morgan fingerprint density at radius 3 is 2.83 bits per heavy atom. The number of rotatable bonds is 2. The molecule has 0 saturated carbocycles. The lowest BCUT2D eigenvalue weighted by Gasteiger charge is -2.05. The Balaban J connectivity index is 2.21. The predicted octanol–water partition coefficient (Wildman–Crippen LogP) is 2.62. The average molecular weight is 421 g/mol. The van der Waals surface area contributed by atoms with Crippen molar-refractivity contribution in [1.82, 2.24) is 9.78 Å². The van der Waals surface area contributed by atoms with Gasteiger partial charge in [-0.3, -0.25) is 9.48 Å². The highest BCUT2D eigenvalue weighted by molar-refractivity contribution is 14.1. The monoisotopic (exact) mass is 420 g/mol. The molecule has 0 spiro atoms. The van der Waals surface area contributed by atoms with Crippen LogP contribution in [0.2, 0.25) is 0 Å². The van der Waals surface area contributed by atoms with E-state index < -0.39 is 0 Å². The summed E-state index contributed by atoms with van der Waals surface area (Å²) >= 11 is 5.58. The van der Waals surface area contributed by atoms with E-state index in [2.05, 4.69) is 48.9 Å². The van der Waals surface area contributed by atoms with Gasteiger partial charge in [-0.2, -0.15) is 5.10 Å². The highest BCUT2D eigenvalue weighted by atomic mass is 127. The second-order valence-electron chi connectivity index (χ2n) is 3.69.